The van der Waals surface area contributed by atoms with Crippen LogP contribution in [0.2, 0.25) is 10.0 Å². The van der Waals surface area contributed by atoms with E-state index >= 15 is 0 Å². The molecule has 3 rings (SSSR count). The maximum atomic E-state index is 12.4. The van der Waals surface area contributed by atoms with Gasteiger partial charge in [0.25, 0.3) is 0 Å². The molecular weight excluding hydrogens is 505 g/mol. The molecule has 2 amide bonds. The van der Waals surface area contributed by atoms with Gasteiger partial charge in [-0.1, -0.05) is 42.6 Å². The molecular formula is C26H23Cl2N3O5. The number of hydrogen-bond donors (Lipinski definition) is 2. The zero-order valence-electron chi connectivity index (χ0n) is 19.3. The summed E-state index contributed by atoms with van der Waals surface area (Å²) in [5, 5.41) is 6.48. The zero-order valence-corrected chi connectivity index (χ0v) is 20.8. The average Bonchev–Trinajstić information content (AvgIpc) is 2.88. The molecule has 0 bridgehead atoms. The number of hydrazone groups is 1. The van der Waals surface area contributed by atoms with Crippen LogP contribution in [0.4, 0.5) is 5.69 Å². The second kappa shape index (κ2) is 13.3. The highest BCUT2D eigenvalue weighted by molar-refractivity contribution is 6.45. The molecule has 186 valence electrons. The number of rotatable bonds is 9. The molecule has 0 heterocycles. The highest BCUT2D eigenvalue weighted by Crippen LogP contribution is 2.29. The summed E-state index contributed by atoms with van der Waals surface area (Å²) in [5.74, 6) is -1.42. The molecule has 0 spiro atoms. The largest absolute Gasteiger partial charge is 0.494 e. The summed E-state index contributed by atoms with van der Waals surface area (Å²) in [5.41, 5.74) is 3.32. The van der Waals surface area contributed by atoms with Gasteiger partial charge < -0.3 is 14.8 Å². The van der Waals surface area contributed by atoms with Crippen molar-refractivity contribution >= 4 is 52.9 Å². The second-order valence-corrected chi connectivity index (χ2v) is 8.22. The summed E-state index contributed by atoms with van der Waals surface area (Å²) in [6.07, 6.45) is 3.34. The third-order valence-corrected chi connectivity index (χ3v) is 5.55. The predicted octanol–water partition coefficient (Wildman–Crippen LogP) is 5.48. The van der Waals surface area contributed by atoms with Crippen molar-refractivity contribution in [2.45, 2.75) is 19.8 Å². The van der Waals surface area contributed by atoms with Gasteiger partial charge in [0.05, 0.1) is 34.1 Å². The van der Waals surface area contributed by atoms with Crippen LogP contribution in [0.3, 0.4) is 0 Å². The minimum absolute atomic E-state index is 0.123. The number of nitrogens with zero attached hydrogens (tertiary/aromatic N) is 1. The lowest BCUT2D eigenvalue weighted by atomic mass is 10.2. The van der Waals surface area contributed by atoms with Crippen molar-refractivity contribution in [1.29, 1.82) is 0 Å². The highest BCUT2D eigenvalue weighted by Gasteiger charge is 2.15. The molecule has 0 aromatic heterocycles. The first-order valence-corrected chi connectivity index (χ1v) is 11.8. The Hall–Kier alpha value is -3.88. The van der Waals surface area contributed by atoms with Gasteiger partial charge in [-0.15, -0.1) is 0 Å². The number of carbonyl (C=O) groups excluding carboxylic acids is 3. The maximum absolute atomic E-state index is 12.4. The summed E-state index contributed by atoms with van der Waals surface area (Å²) in [7, 11) is 0. The topological polar surface area (TPSA) is 106 Å². The number of halogens is 2. The first-order chi connectivity index (χ1) is 17.4. The minimum atomic E-state index is -0.991. The fourth-order valence-electron chi connectivity index (χ4n) is 2.81. The first kappa shape index (κ1) is 26.7. The zero-order chi connectivity index (χ0) is 25.9. The Morgan fingerprint density at radius 2 is 1.61 bits per heavy atom. The van der Waals surface area contributed by atoms with Crippen molar-refractivity contribution in [3.63, 3.8) is 0 Å². The van der Waals surface area contributed by atoms with Gasteiger partial charge in [0.2, 0.25) is 0 Å². The molecule has 36 heavy (non-hydrogen) atoms. The molecule has 0 aliphatic carbocycles. The molecule has 0 unspecified atom stereocenters. The van der Waals surface area contributed by atoms with E-state index in [9.17, 15) is 14.4 Å². The van der Waals surface area contributed by atoms with Gasteiger partial charge in [-0.25, -0.2) is 10.2 Å². The molecule has 0 atom stereocenters. The molecule has 8 nitrogen and oxygen atoms in total. The molecule has 3 aromatic carbocycles. The van der Waals surface area contributed by atoms with Gasteiger partial charge in [-0.3, -0.25) is 9.59 Å². The number of esters is 1. The monoisotopic (exact) mass is 527 g/mol. The molecule has 2 N–H and O–H groups in total. The van der Waals surface area contributed by atoms with Crippen molar-refractivity contribution in [2.75, 3.05) is 11.9 Å². The van der Waals surface area contributed by atoms with Crippen LogP contribution in [-0.2, 0) is 9.59 Å². The van der Waals surface area contributed by atoms with Crippen LogP contribution >= 0.6 is 23.2 Å². The van der Waals surface area contributed by atoms with E-state index in [1.807, 2.05) is 0 Å². The maximum Gasteiger partial charge on any atom is 0.343 e. The Morgan fingerprint density at radius 1 is 0.917 bits per heavy atom. The van der Waals surface area contributed by atoms with Crippen molar-refractivity contribution < 1.29 is 23.9 Å². The van der Waals surface area contributed by atoms with Crippen LogP contribution in [0.25, 0.3) is 0 Å². The molecule has 10 heteroatoms. The van der Waals surface area contributed by atoms with Crippen molar-refractivity contribution in [3.8, 4) is 11.5 Å². The smallest absolute Gasteiger partial charge is 0.343 e. The lowest BCUT2D eigenvalue weighted by molar-refractivity contribution is -0.136. The fourth-order valence-corrected chi connectivity index (χ4v) is 3.15. The van der Waals surface area contributed by atoms with E-state index in [1.165, 1.54) is 12.3 Å². The summed E-state index contributed by atoms with van der Waals surface area (Å²) in [4.78, 5) is 36.3. The number of benzene rings is 3. The van der Waals surface area contributed by atoms with Gasteiger partial charge in [0, 0.05) is 0 Å². The standard InChI is InChI=1S/C26H23Cl2N3O5/c1-2-3-15-35-19-13-9-18(10-14-19)26(34)36-20-11-7-17(8-12-20)16-29-31-25(33)24(32)30-22-6-4-5-21(27)23(22)28/h4-14,16H,2-3,15H2,1H3,(H,30,32)(H,31,33). The predicted molar refractivity (Wildman–Crippen MR) is 139 cm³/mol. The number of unbranched alkanes of at least 4 members (excludes halogenated alkanes) is 1. The van der Waals surface area contributed by atoms with E-state index in [0.29, 0.717) is 29.2 Å². The molecule has 0 aliphatic rings. The SMILES string of the molecule is CCCCOc1ccc(C(=O)Oc2ccc(C=NNC(=O)C(=O)Nc3cccc(Cl)c3Cl)cc2)cc1. The number of carbonyl (C=O) groups is 3. The van der Waals surface area contributed by atoms with Gasteiger partial charge in [-0.2, -0.15) is 5.10 Å². The van der Waals surface area contributed by atoms with Crippen LogP contribution in [-0.4, -0.2) is 30.6 Å². The minimum Gasteiger partial charge on any atom is -0.494 e. The van der Waals surface area contributed by atoms with Crippen LogP contribution in [0, 0.1) is 0 Å². The second-order valence-electron chi connectivity index (χ2n) is 7.44. The number of amides is 2. The Bertz CT molecular complexity index is 1250. The fraction of sp³-hybridized carbons (Fsp3) is 0.154. The molecule has 0 saturated heterocycles. The molecule has 0 radical (unpaired) electrons. The van der Waals surface area contributed by atoms with E-state index in [1.54, 1.807) is 60.7 Å². The van der Waals surface area contributed by atoms with Gasteiger partial charge in [0.15, 0.2) is 0 Å². The van der Waals surface area contributed by atoms with Gasteiger partial charge in [-0.05, 0) is 72.6 Å². The molecule has 0 fully saturated rings. The van der Waals surface area contributed by atoms with Crippen LogP contribution < -0.4 is 20.2 Å². The van der Waals surface area contributed by atoms with Crippen LogP contribution in [0.1, 0.15) is 35.7 Å². The number of anilines is 1. The van der Waals surface area contributed by atoms with Crippen LogP contribution in [0.15, 0.2) is 71.8 Å². The summed E-state index contributed by atoms with van der Waals surface area (Å²) in [6, 6.07) is 17.8. The lowest BCUT2D eigenvalue weighted by Gasteiger charge is -2.07. The number of ether oxygens (including phenoxy) is 2. The van der Waals surface area contributed by atoms with E-state index < -0.39 is 17.8 Å². The van der Waals surface area contributed by atoms with E-state index in [2.05, 4.69) is 22.8 Å². The van der Waals surface area contributed by atoms with Crippen molar-refractivity contribution in [1.82, 2.24) is 5.43 Å². The normalized spacial score (nSPS) is 10.6. The summed E-state index contributed by atoms with van der Waals surface area (Å²) in [6.45, 7) is 2.71. The highest BCUT2D eigenvalue weighted by atomic mass is 35.5. The Kier molecular flexibility index (Phi) is 9.85. The molecule has 3 aromatic rings. The van der Waals surface area contributed by atoms with Gasteiger partial charge in [0.1, 0.15) is 11.5 Å². The quantitative estimate of drug-likeness (QED) is 0.0956. The van der Waals surface area contributed by atoms with Crippen molar-refractivity contribution in [3.05, 3.63) is 87.9 Å². The Morgan fingerprint density at radius 3 is 2.31 bits per heavy atom. The molecule has 0 saturated carbocycles. The van der Waals surface area contributed by atoms with E-state index in [0.717, 1.165) is 12.8 Å². The Labute approximate surface area is 218 Å². The first-order valence-electron chi connectivity index (χ1n) is 11.0. The number of hydrogen-bond acceptors (Lipinski definition) is 6. The average molecular weight is 528 g/mol. The van der Waals surface area contributed by atoms with Gasteiger partial charge >= 0.3 is 17.8 Å². The number of nitrogens with one attached hydrogen (secondary N) is 2. The van der Waals surface area contributed by atoms with Crippen LogP contribution in [0.5, 0.6) is 11.5 Å². The van der Waals surface area contributed by atoms with E-state index in [4.69, 9.17) is 32.7 Å². The molecule has 0 aliphatic heterocycles. The Balaban J connectivity index is 1.48. The lowest BCUT2D eigenvalue weighted by Crippen LogP contribution is -2.32. The van der Waals surface area contributed by atoms with Crippen molar-refractivity contribution in [2.24, 2.45) is 5.10 Å². The third-order valence-electron chi connectivity index (χ3n) is 4.73. The van der Waals surface area contributed by atoms with E-state index in [-0.39, 0.29) is 15.7 Å². The third kappa shape index (κ3) is 7.83. The summed E-state index contributed by atoms with van der Waals surface area (Å²) < 4.78 is 11.0. The summed E-state index contributed by atoms with van der Waals surface area (Å²) >= 11 is 11.9.